The topological polar surface area (TPSA) is 0 Å². The summed E-state index contributed by atoms with van der Waals surface area (Å²) in [5.41, 5.74) is 1.54. The smallest absolute Gasteiger partial charge is 0.129 e. The van der Waals surface area contributed by atoms with Crippen LogP contribution in [0.15, 0.2) is 46.9 Å². The molecule has 0 aromatic heterocycles. The summed E-state index contributed by atoms with van der Waals surface area (Å²) >= 11 is 15.3. The third kappa shape index (κ3) is 3.47. The Morgan fingerprint density at radius 3 is 2.39 bits per heavy atom. The molecule has 2 aromatic carbocycles. The lowest BCUT2D eigenvalue weighted by atomic mass is 10.0. The monoisotopic (exact) mass is 346 g/mol. The van der Waals surface area contributed by atoms with Crippen LogP contribution in [0.3, 0.4) is 0 Å². The fraction of sp³-hybridized carbons (Fsp3) is 0.143. The third-order valence-electron chi connectivity index (χ3n) is 2.63. The van der Waals surface area contributed by atoms with Gasteiger partial charge in [-0.3, -0.25) is 0 Å². The molecule has 1 atom stereocenters. The summed E-state index contributed by atoms with van der Waals surface area (Å²) in [6, 6.07) is 12.3. The molecule has 0 fully saturated rings. The summed E-state index contributed by atoms with van der Waals surface area (Å²) in [5, 5.41) is 0.291. The molecule has 0 aliphatic heterocycles. The summed E-state index contributed by atoms with van der Waals surface area (Å²) in [4.78, 5) is 0. The molecule has 2 rings (SSSR count). The number of alkyl halides is 1. The van der Waals surface area contributed by atoms with Gasteiger partial charge in [-0.15, -0.1) is 11.6 Å². The summed E-state index contributed by atoms with van der Waals surface area (Å²) < 4.78 is 14.4. The molecule has 0 N–H and O–H groups in total. The molecule has 0 amide bonds. The highest BCUT2D eigenvalue weighted by Crippen LogP contribution is 2.29. The first-order chi connectivity index (χ1) is 8.56. The van der Waals surface area contributed by atoms with Gasteiger partial charge in [-0.25, -0.2) is 4.39 Å². The van der Waals surface area contributed by atoms with E-state index in [1.165, 1.54) is 6.07 Å². The number of halogens is 4. The molecule has 0 aliphatic rings. The summed E-state index contributed by atoms with van der Waals surface area (Å²) in [6.45, 7) is 0. The van der Waals surface area contributed by atoms with Gasteiger partial charge in [-0.05, 0) is 36.2 Å². The van der Waals surface area contributed by atoms with E-state index >= 15 is 0 Å². The van der Waals surface area contributed by atoms with Crippen LogP contribution >= 0.6 is 39.1 Å². The Labute approximate surface area is 124 Å². The molecule has 1 unspecified atom stereocenters. The first kappa shape index (κ1) is 13.9. The Morgan fingerprint density at radius 1 is 1.11 bits per heavy atom. The Bertz CT molecular complexity index is 540. The largest absolute Gasteiger partial charge is 0.207 e. The zero-order valence-electron chi connectivity index (χ0n) is 9.34. The molecule has 0 saturated carbocycles. The molecule has 18 heavy (non-hydrogen) atoms. The van der Waals surface area contributed by atoms with Crippen LogP contribution in [0.1, 0.15) is 16.5 Å². The molecule has 0 spiro atoms. The second kappa shape index (κ2) is 6.05. The van der Waals surface area contributed by atoms with Crippen LogP contribution in [0, 0.1) is 5.82 Å². The van der Waals surface area contributed by atoms with Gasteiger partial charge in [0, 0.05) is 15.1 Å². The van der Waals surface area contributed by atoms with E-state index in [9.17, 15) is 4.39 Å². The fourth-order valence-corrected chi connectivity index (χ4v) is 2.51. The van der Waals surface area contributed by atoms with Crippen LogP contribution in [0.4, 0.5) is 4.39 Å². The molecule has 94 valence electrons. The van der Waals surface area contributed by atoms with Crippen molar-refractivity contribution in [2.45, 2.75) is 11.8 Å². The molecule has 0 heterocycles. The highest BCUT2D eigenvalue weighted by molar-refractivity contribution is 9.10. The Hall–Kier alpha value is -0.570. The average Bonchev–Trinajstić information content (AvgIpc) is 2.32. The molecule has 0 radical (unpaired) electrons. The summed E-state index contributed by atoms with van der Waals surface area (Å²) in [7, 11) is 0. The Balaban J connectivity index is 2.16. The van der Waals surface area contributed by atoms with Crippen molar-refractivity contribution in [1.29, 1.82) is 0 Å². The van der Waals surface area contributed by atoms with Crippen molar-refractivity contribution in [2.75, 3.05) is 0 Å². The van der Waals surface area contributed by atoms with Crippen LogP contribution in [0.5, 0.6) is 0 Å². The van der Waals surface area contributed by atoms with Gasteiger partial charge < -0.3 is 0 Å². The molecule has 0 nitrogen and oxygen atoms in total. The second-order valence-electron chi connectivity index (χ2n) is 3.96. The minimum absolute atomic E-state index is 0.293. The SMILES string of the molecule is Fc1cc(Br)ccc1C(Cl)Cc1ccc(Cl)cc1. The second-order valence-corrected chi connectivity index (χ2v) is 5.84. The van der Waals surface area contributed by atoms with Gasteiger partial charge in [-0.2, -0.15) is 0 Å². The van der Waals surface area contributed by atoms with E-state index < -0.39 is 0 Å². The first-order valence-corrected chi connectivity index (χ1v) is 7.00. The molecular weight excluding hydrogens is 338 g/mol. The molecule has 0 bridgehead atoms. The highest BCUT2D eigenvalue weighted by atomic mass is 79.9. The average molecular weight is 348 g/mol. The van der Waals surface area contributed by atoms with E-state index in [1.807, 2.05) is 12.1 Å². The van der Waals surface area contributed by atoms with E-state index in [0.29, 0.717) is 21.5 Å². The van der Waals surface area contributed by atoms with Gasteiger partial charge in [0.2, 0.25) is 0 Å². The van der Waals surface area contributed by atoms with Crippen LogP contribution in [0.25, 0.3) is 0 Å². The van der Waals surface area contributed by atoms with Gasteiger partial charge in [0.1, 0.15) is 5.82 Å². The Morgan fingerprint density at radius 2 is 1.78 bits per heavy atom. The lowest BCUT2D eigenvalue weighted by molar-refractivity contribution is 0.605. The van der Waals surface area contributed by atoms with Crippen molar-refractivity contribution in [1.82, 2.24) is 0 Å². The van der Waals surface area contributed by atoms with Crippen LogP contribution in [0.2, 0.25) is 5.02 Å². The fourth-order valence-electron chi connectivity index (χ4n) is 1.69. The molecular formula is C14H10BrCl2F. The maximum absolute atomic E-state index is 13.7. The van der Waals surface area contributed by atoms with E-state index in [4.69, 9.17) is 23.2 Å². The lowest BCUT2D eigenvalue weighted by Gasteiger charge is -2.11. The third-order valence-corrected chi connectivity index (χ3v) is 3.76. The van der Waals surface area contributed by atoms with Crippen molar-refractivity contribution >= 4 is 39.1 Å². The summed E-state index contributed by atoms with van der Waals surface area (Å²) in [5.74, 6) is -0.293. The molecule has 0 aliphatic carbocycles. The van der Waals surface area contributed by atoms with Gasteiger partial charge in [0.05, 0.1) is 5.38 Å². The van der Waals surface area contributed by atoms with E-state index in [1.54, 1.807) is 24.3 Å². The maximum Gasteiger partial charge on any atom is 0.129 e. The van der Waals surface area contributed by atoms with Crippen molar-refractivity contribution in [3.8, 4) is 0 Å². The predicted molar refractivity (Wildman–Crippen MR) is 77.9 cm³/mol. The minimum Gasteiger partial charge on any atom is -0.207 e. The number of hydrogen-bond acceptors (Lipinski definition) is 0. The first-order valence-electron chi connectivity index (χ1n) is 5.40. The number of benzene rings is 2. The van der Waals surface area contributed by atoms with Gasteiger partial charge >= 0.3 is 0 Å². The minimum atomic E-state index is -0.390. The highest BCUT2D eigenvalue weighted by Gasteiger charge is 2.13. The standard InChI is InChI=1S/C14H10BrCl2F/c15-10-3-6-12(14(18)8-10)13(17)7-9-1-4-11(16)5-2-9/h1-6,8,13H,7H2. The molecule has 4 heteroatoms. The van der Waals surface area contributed by atoms with Gasteiger partial charge in [0.15, 0.2) is 0 Å². The predicted octanol–water partition coefficient (Wildman–Crippen LogP) is 5.76. The zero-order chi connectivity index (χ0) is 13.1. The lowest BCUT2D eigenvalue weighted by Crippen LogP contribution is -1.99. The maximum atomic E-state index is 13.7. The van der Waals surface area contributed by atoms with Crippen molar-refractivity contribution in [3.05, 3.63) is 68.9 Å². The quantitative estimate of drug-likeness (QED) is 0.619. The number of rotatable bonds is 3. The van der Waals surface area contributed by atoms with Gasteiger partial charge in [0.25, 0.3) is 0 Å². The van der Waals surface area contributed by atoms with Crippen LogP contribution < -0.4 is 0 Å². The normalized spacial score (nSPS) is 12.4. The van der Waals surface area contributed by atoms with Gasteiger partial charge in [-0.1, -0.05) is 45.7 Å². The summed E-state index contributed by atoms with van der Waals surface area (Å²) in [6.07, 6.45) is 0.567. The van der Waals surface area contributed by atoms with Crippen molar-refractivity contribution in [2.24, 2.45) is 0 Å². The van der Waals surface area contributed by atoms with E-state index in [0.717, 1.165) is 5.56 Å². The molecule has 2 aromatic rings. The van der Waals surface area contributed by atoms with Crippen LogP contribution in [-0.2, 0) is 6.42 Å². The van der Waals surface area contributed by atoms with E-state index in [2.05, 4.69) is 15.9 Å². The zero-order valence-corrected chi connectivity index (χ0v) is 12.4. The Kier molecular flexibility index (Phi) is 4.66. The number of hydrogen-bond donors (Lipinski definition) is 0. The van der Waals surface area contributed by atoms with E-state index in [-0.39, 0.29) is 11.2 Å². The van der Waals surface area contributed by atoms with Crippen LogP contribution in [-0.4, -0.2) is 0 Å². The van der Waals surface area contributed by atoms with Crippen molar-refractivity contribution in [3.63, 3.8) is 0 Å². The molecule has 0 saturated heterocycles. The van der Waals surface area contributed by atoms with Crippen molar-refractivity contribution < 1.29 is 4.39 Å².